The Kier molecular flexibility index (Phi) is 3.97. The number of hydrogen-bond acceptors (Lipinski definition) is 2. The molecule has 1 heterocycles. The van der Waals surface area contributed by atoms with Gasteiger partial charge in [-0.05, 0) is 19.8 Å². The molecule has 0 bridgehead atoms. The van der Waals surface area contributed by atoms with Crippen LogP contribution in [0.3, 0.4) is 0 Å². The maximum absolute atomic E-state index is 11.6. The van der Waals surface area contributed by atoms with Crippen molar-refractivity contribution in [3.63, 3.8) is 0 Å². The summed E-state index contributed by atoms with van der Waals surface area (Å²) in [5, 5.41) is 9.59. The molecule has 1 amide bonds. The van der Waals surface area contributed by atoms with Gasteiger partial charge in [0.1, 0.15) is 0 Å². The molecule has 1 saturated heterocycles. The summed E-state index contributed by atoms with van der Waals surface area (Å²) >= 11 is 0. The van der Waals surface area contributed by atoms with E-state index in [2.05, 4.69) is 5.92 Å². The molecule has 1 aliphatic rings. The summed E-state index contributed by atoms with van der Waals surface area (Å²) in [7, 11) is 0. The van der Waals surface area contributed by atoms with Crippen molar-refractivity contribution < 1.29 is 9.90 Å². The minimum Gasteiger partial charge on any atom is -0.391 e. The van der Waals surface area contributed by atoms with Crippen LogP contribution in [0.5, 0.6) is 0 Å². The van der Waals surface area contributed by atoms with Crippen LogP contribution in [0.2, 0.25) is 0 Å². The van der Waals surface area contributed by atoms with E-state index in [0.717, 1.165) is 19.4 Å². The van der Waals surface area contributed by atoms with Crippen LogP contribution in [0.15, 0.2) is 0 Å². The number of aliphatic hydroxyl groups excluding tert-OH is 1. The van der Waals surface area contributed by atoms with Crippen LogP contribution in [-0.4, -0.2) is 34.6 Å². The maximum Gasteiger partial charge on any atom is 0.223 e. The van der Waals surface area contributed by atoms with E-state index in [1.807, 2.05) is 6.92 Å². The van der Waals surface area contributed by atoms with Crippen LogP contribution in [0.4, 0.5) is 0 Å². The highest BCUT2D eigenvalue weighted by Gasteiger charge is 2.28. The largest absolute Gasteiger partial charge is 0.391 e. The topological polar surface area (TPSA) is 40.5 Å². The molecule has 0 saturated carbocycles. The van der Waals surface area contributed by atoms with E-state index in [4.69, 9.17) is 6.42 Å². The van der Waals surface area contributed by atoms with Crippen molar-refractivity contribution in [1.29, 1.82) is 0 Å². The van der Waals surface area contributed by atoms with Crippen LogP contribution < -0.4 is 0 Å². The fraction of sp³-hybridized carbons (Fsp3) is 0.727. The molecular formula is C11H17NO2. The minimum atomic E-state index is -0.376. The Bertz CT molecular complexity index is 244. The Morgan fingerprint density at radius 2 is 2.43 bits per heavy atom. The summed E-state index contributed by atoms with van der Waals surface area (Å²) in [6.07, 6.45) is 7.28. The average molecular weight is 195 g/mol. The highest BCUT2D eigenvalue weighted by Crippen LogP contribution is 2.18. The lowest BCUT2D eigenvalue weighted by Crippen LogP contribution is -2.49. The first-order chi connectivity index (χ1) is 6.66. The Morgan fingerprint density at radius 1 is 1.71 bits per heavy atom. The van der Waals surface area contributed by atoms with Gasteiger partial charge in [0.15, 0.2) is 0 Å². The molecule has 2 unspecified atom stereocenters. The zero-order valence-corrected chi connectivity index (χ0v) is 8.57. The van der Waals surface area contributed by atoms with Gasteiger partial charge in [-0.3, -0.25) is 4.79 Å². The van der Waals surface area contributed by atoms with Gasteiger partial charge in [0.05, 0.1) is 12.1 Å². The fourth-order valence-electron chi connectivity index (χ4n) is 1.80. The lowest BCUT2D eigenvalue weighted by Gasteiger charge is -2.36. The molecule has 0 radical (unpaired) electrons. The quantitative estimate of drug-likeness (QED) is 0.661. The van der Waals surface area contributed by atoms with Gasteiger partial charge < -0.3 is 10.0 Å². The van der Waals surface area contributed by atoms with Crippen molar-refractivity contribution in [3.8, 4) is 12.3 Å². The van der Waals surface area contributed by atoms with E-state index in [-0.39, 0.29) is 18.1 Å². The van der Waals surface area contributed by atoms with E-state index in [9.17, 15) is 9.90 Å². The molecule has 1 N–H and O–H groups in total. The third-order valence-electron chi connectivity index (χ3n) is 2.75. The van der Waals surface area contributed by atoms with Crippen LogP contribution in [0, 0.1) is 12.3 Å². The third kappa shape index (κ3) is 2.49. The van der Waals surface area contributed by atoms with E-state index in [1.54, 1.807) is 4.90 Å². The highest BCUT2D eigenvalue weighted by atomic mass is 16.3. The predicted octanol–water partition coefficient (Wildman–Crippen LogP) is 0.772. The van der Waals surface area contributed by atoms with Gasteiger partial charge in [0.2, 0.25) is 5.91 Å². The zero-order valence-electron chi connectivity index (χ0n) is 8.57. The lowest BCUT2D eigenvalue weighted by atomic mass is 10.00. The minimum absolute atomic E-state index is 0.0611. The molecule has 3 heteroatoms. The number of rotatable bonds is 2. The molecule has 1 rings (SSSR count). The number of aliphatic hydroxyl groups is 1. The third-order valence-corrected chi connectivity index (χ3v) is 2.75. The number of hydrogen-bond donors (Lipinski definition) is 1. The number of nitrogens with zero attached hydrogens (tertiary/aromatic N) is 1. The Morgan fingerprint density at radius 3 is 3.07 bits per heavy atom. The van der Waals surface area contributed by atoms with Crippen LogP contribution in [0.25, 0.3) is 0 Å². The molecule has 0 aromatic heterocycles. The highest BCUT2D eigenvalue weighted by molar-refractivity contribution is 5.76. The van der Waals surface area contributed by atoms with Crippen LogP contribution in [0.1, 0.15) is 32.6 Å². The van der Waals surface area contributed by atoms with Gasteiger partial charge in [-0.25, -0.2) is 0 Å². The summed E-state index contributed by atoms with van der Waals surface area (Å²) < 4.78 is 0. The molecule has 0 aromatic rings. The first kappa shape index (κ1) is 11.1. The summed E-state index contributed by atoms with van der Waals surface area (Å²) in [5.41, 5.74) is 0. The number of amides is 1. The molecule has 3 nitrogen and oxygen atoms in total. The van der Waals surface area contributed by atoms with Crippen molar-refractivity contribution in [2.24, 2.45) is 0 Å². The number of carbonyl (C=O) groups is 1. The van der Waals surface area contributed by atoms with Gasteiger partial charge in [0.25, 0.3) is 0 Å². The molecule has 1 fully saturated rings. The molecule has 0 aliphatic carbocycles. The Hall–Kier alpha value is -1.01. The van der Waals surface area contributed by atoms with E-state index in [1.165, 1.54) is 0 Å². The average Bonchev–Trinajstić information content (AvgIpc) is 2.18. The standard InChI is InChI=1S/C11H17NO2/c1-3-4-7-11(14)12-8-5-6-10(13)9(12)2/h1,9-10,13H,4-8H2,2H3. The zero-order chi connectivity index (χ0) is 10.6. The van der Waals surface area contributed by atoms with Crippen molar-refractivity contribution in [2.45, 2.75) is 44.8 Å². The summed E-state index contributed by atoms with van der Waals surface area (Å²) in [6.45, 7) is 2.64. The van der Waals surface area contributed by atoms with Crippen molar-refractivity contribution in [2.75, 3.05) is 6.54 Å². The van der Waals surface area contributed by atoms with Crippen LogP contribution >= 0.6 is 0 Å². The second kappa shape index (κ2) is 5.02. The number of carbonyl (C=O) groups excluding carboxylic acids is 1. The first-order valence-electron chi connectivity index (χ1n) is 5.08. The Balaban J connectivity index is 2.49. The molecule has 1 aliphatic heterocycles. The molecule has 0 spiro atoms. The number of piperidine rings is 1. The van der Waals surface area contributed by atoms with Gasteiger partial charge >= 0.3 is 0 Å². The monoisotopic (exact) mass is 195 g/mol. The number of terminal acetylenes is 1. The van der Waals surface area contributed by atoms with Gasteiger partial charge in [-0.2, -0.15) is 0 Å². The Labute approximate surface area is 85.1 Å². The van der Waals surface area contributed by atoms with Crippen molar-refractivity contribution >= 4 is 5.91 Å². The smallest absolute Gasteiger partial charge is 0.223 e. The van der Waals surface area contributed by atoms with Gasteiger partial charge in [-0.1, -0.05) is 0 Å². The SMILES string of the molecule is C#CCCC(=O)N1CCCC(O)C1C. The van der Waals surface area contributed by atoms with E-state index in [0.29, 0.717) is 12.8 Å². The molecule has 78 valence electrons. The van der Waals surface area contributed by atoms with Crippen LogP contribution in [-0.2, 0) is 4.79 Å². The first-order valence-corrected chi connectivity index (χ1v) is 5.08. The second-order valence-corrected chi connectivity index (χ2v) is 3.74. The van der Waals surface area contributed by atoms with E-state index >= 15 is 0 Å². The van der Waals surface area contributed by atoms with Crippen molar-refractivity contribution in [3.05, 3.63) is 0 Å². The molecular weight excluding hydrogens is 178 g/mol. The summed E-state index contributed by atoms with van der Waals surface area (Å²) in [6, 6.07) is -0.0611. The van der Waals surface area contributed by atoms with Crippen molar-refractivity contribution in [1.82, 2.24) is 4.90 Å². The fourth-order valence-corrected chi connectivity index (χ4v) is 1.80. The predicted molar refractivity (Wildman–Crippen MR) is 54.5 cm³/mol. The molecule has 0 aromatic carbocycles. The number of likely N-dealkylation sites (tertiary alicyclic amines) is 1. The summed E-state index contributed by atoms with van der Waals surface area (Å²) in [5.74, 6) is 2.52. The maximum atomic E-state index is 11.6. The molecule has 2 atom stereocenters. The van der Waals surface area contributed by atoms with E-state index < -0.39 is 0 Å². The van der Waals surface area contributed by atoms with Gasteiger partial charge in [-0.15, -0.1) is 12.3 Å². The molecule has 14 heavy (non-hydrogen) atoms. The lowest BCUT2D eigenvalue weighted by molar-refractivity contribution is -0.137. The second-order valence-electron chi connectivity index (χ2n) is 3.74. The normalized spacial score (nSPS) is 27.1. The van der Waals surface area contributed by atoms with Gasteiger partial charge in [0, 0.05) is 19.4 Å². The summed E-state index contributed by atoms with van der Waals surface area (Å²) in [4.78, 5) is 13.4.